The van der Waals surface area contributed by atoms with Crippen molar-refractivity contribution >= 4 is 5.97 Å². The van der Waals surface area contributed by atoms with E-state index in [0.717, 1.165) is 77.0 Å². The number of aliphatic hydroxyl groups is 2. The lowest BCUT2D eigenvalue weighted by atomic mass is 9.64. The predicted octanol–water partition coefficient (Wildman–Crippen LogP) is 4.36. The van der Waals surface area contributed by atoms with Crippen LogP contribution in [0.5, 0.6) is 0 Å². The van der Waals surface area contributed by atoms with Gasteiger partial charge in [-0.3, -0.25) is 4.79 Å². The van der Waals surface area contributed by atoms with Gasteiger partial charge in [0.15, 0.2) is 0 Å². The van der Waals surface area contributed by atoms with E-state index in [2.05, 4.69) is 0 Å². The number of hydrogen-bond acceptors (Lipinski definition) is 4. The van der Waals surface area contributed by atoms with Crippen molar-refractivity contribution in [3.05, 3.63) is 0 Å². The standard InChI is InChI=1S/C23H38O4/c1-4-20(2,3)19(24)27-18-15-21(23(26)11-7-8-12-23)13-16(18)17(14-21)22(25)9-5-6-10-22/h16-18,25-26H,4-15H2,1-3H3. The van der Waals surface area contributed by atoms with Gasteiger partial charge in [-0.15, -0.1) is 0 Å². The summed E-state index contributed by atoms with van der Waals surface area (Å²) in [6.45, 7) is 5.92. The molecule has 0 amide bonds. The third-order valence-corrected chi connectivity index (χ3v) is 9.10. The van der Waals surface area contributed by atoms with E-state index in [1.807, 2.05) is 20.8 Å². The summed E-state index contributed by atoms with van der Waals surface area (Å²) in [5.74, 6) is 0.253. The van der Waals surface area contributed by atoms with Gasteiger partial charge in [0.2, 0.25) is 0 Å². The van der Waals surface area contributed by atoms with Crippen molar-refractivity contribution in [1.29, 1.82) is 0 Å². The lowest BCUT2D eigenvalue weighted by molar-refractivity contribution is -0.172. The van der Waals surface area contributed by atoms with Gasteiger partial charge in [0.25, 0.3) is 0 Å². The Morgan fingerprint density at radius 1 is 1.00 bits per heavy atom. The fraction of sp³-hybridized carbons (Fsp3) is 0.957. The van der Waals surface area contributed by atoms with Crippen molar-refractivity contribution < 1.29 is 19.7 Å². The molecule has 27 heavy (non-hydrogen) atoms. The van der Waals surface area contributed by atoms with E-state index in [0.29, 0.717) is 0 Å². The van der Waals surface area contributed by atoms with Crippen LogP contribution in [0.2, 0.25) is 0 Å². The van der Waals surface area contributed by atoms with E-state index in [9.17, 15) is 15.0 Å². The molecule has 4 fully saturated rings. The van der Waals surface area contributed by atoms with Gasteiger partial charge >= 0.3 is 5.97 Å². The number of ether oxygens (including phenoxy) is 1. The molecule has 4 rings (SSSR count). The second kappa shape index (κ2) is 6.45. The molecule has 0 saturated heterocycles. The lowest BCUT2D eigenvalue weighted by Gasteiger charge is -2.47. The largest absolute Gasteiger partial charge is 0.462 e. The van der Waals surface area contributed by atoms with Crippen molar-refractivity contribution in [2.75, 3.05) is 0 Å². The second-order valence-electron chi connectivity index (χ2n) is 10.9. The van der Waals surface area contributed by atoms with Gasteiger partial charge in [-0.2, -0.15) is 0 Å². The Balaban J connectivity index is 1.61. The quantitative estimate of drug-likeness (QED) is 0.698. The number of esters is 1. The Bertz CT molecular complexity index is 585. The van der Waals surface area contributed by atoms with Crippen molar-refractivity contribution in [1.82, 2.24) is 0 Å². The van der Waals surface area contributed by atoms with Gasteiger partial charge in [0, 0.05) is 11.3 Å². The van der Waals surface area contributed by atoms with Crippen molar-refractivity contribution in [3.63, 3.8) is 0 Å². The highest BCUT2D eigenvalue weighted by molar-refractivity contribution is 5.76. The summed E-state index contributed by atoms with van der Waals surface area (Å²) in [6.07, 6.45) is 11.0. The Morgan fingerprint density at radius 2 is 1.59 bits per heavy atom. The van der Waals surface area contributed by atoms with Crippen LogP contribution in [0, 0.1) is 22.7 Å². The molecule has 0 aromatic carbocycles. The fourth-order valence-electron chi connectivity index (χ4n) is 6.92. The molecule has 0 aromatic heterocycles. The highest BCUT2D eigenvalue weighted by Crippen LogP contribution is 2.68. The monoisotopic (exact) mass is 378 g/mol. The van der Waals surface area contributed by atoms with Crippen LogP contribution in [0.3, 0.4) is 0 Å². The number of fused-ring (bicyclic) bond motifs is 2. The zero-order valence-electron chi connectivity index (χ0n) is 17.4. The van der Waals surface area contributed by atoms with Crippen molar-refractivity contribution in [2.45, 2.75) is 115 Å². The van der Waals surface area contributed by atoms with E-state index in [4.69, 9.17) is 4.74 Å². The molecule has 4 heteroatoms. The minimum Gasteiger partial charge on any atom is -0.462 e. The van der Waals surface area contributed by atoms with E-state index < -0.39 is 16.6 Å². The van der Waals surface area contributed by atoms with E-state index in [1.165, 1.54) is 0 Å². The predicted molar refractivity (Wildman–Crippen MR) is 104 cm³/mol. The molecule has 154 valence electrons. The van der Waals surface area contributed by atoms with Crippen LogP contribution >= 0.6 is 0 Å². The van der Waals surface area contributed by atoms with Gasteiger partial charge in [-0.25, -0.2) is 0 Å². The molecule has 4 unspecified atom stereocenters. The van der Waals surface area contributed by atoms with Crippen LogP contribution < -0.4 is 0 Å². The Hall–Kier alpha value is -0.610. The highest BCUT2D eigenvalue weighted by Gasteiger charge is 2.68. The first kappa shape index (κ1) is 19.7. The van der Waals surface area contributed by atoms with E-state index in [-0.39, 0.29) is 29.3 Å². The number of hydrogen-bond donors (Lipinski definition) is 2. The van der Waals surface area contributed by atoms with Crippen LogP contribution in [0.15, 0.2) is 0 Å². The maximum absolute atomic E-state index is 12.8. The number of carbonyl (C=O) groups is 1. The molecular formula is C23H38O4. The number of rotatable bonds is 5. The molecule has 4 nitrogen and oxygen atoms in total. The maximum atomic E-state index is 12.8. The molecular weight excluding hydrogens is 340 g/mol. The summed E-state index contributed by atoms with van der Waals surface area (Å²) >= 11 is 0. The molecule has 0 spiro atoms. The first-order valence-electron chi connectivity index (χ1n) is 11.3. The topological polar surface area (TPSA) is 66.8 Å². The van der Waals surface area contributed by atoms with Gasteiger partial charge in [-0.1, -0.05) is 32.6 Å². The first-order chi connectivity index (χ1) is 12.6. The summed E-state index contributed by atoms with van der Waals surface area (Å²) in [5.41, 5.74) is -1.89. The van der Waals surface area contributed by atoms with Crippen LogP contribution in [-0.4, -0.2) is 33.5 Å². The summed E-state index contributed by atoms with van der Waals surface area (Å²) in [7, 11) is 0. The molecule has 0 aromatic rings. The molecule has 4 aliphatic rings. The molecule has 0 aliphatic heterocycles. The lowest BCUT2D eigenvalue weighted by Crippen LogP contribution is -2.50. The minimum absolute atomic E-state index is 0.117. The molecule has 0 heterocycles. The number of carbonyl (C=O) groups excluding carboxylic acids is 1. The average Bonchev–Trinajstić information content (AvgIpc) is 3.39. The third-order valence-electron chi connectivity index (χ3n) is 9.10. The summed E-state index contributed by atoms with van der Waals surface area (Å²) < 4.78 is 6.10. The molecule has 4 aliphatic carbocycles. The Kier molecular flexibility index (Phi) is 4.71. The Labute approximate surface area is 164 Å². The zero-order valence-corrected chi connectivity index (χ0v) is 17.4. The molecule has 2 N–H and O–H groups in total. The van der Waals surface area contributed by atoms with E-state index >= 15 is 0 Å². The molecule has 4 atom stereocenters. The van der Waals surface area contributed by atoms with E-state index in [1.54, 1.807) is 0 Å². The highest BCUT2D eigenvalue weighted by atomic mass is 16.5. The van der Waals surface area contributed by atoms with Gasteiger partial charge in [-0.05, 0) is 71.1 Å². The maximum Gasteiger partial charge on any atom is 0.311 e. The second-order valence-corrected chi connectivity index (χ2v) is 10.9. The van der Waals surface area contributed by atoms with Gasteiger partial charge in [0.1, 0.15) is 6.10 Å². The van der Waals surface area contributed by atoms with Crippen LogP contribution in [0.25, 0.3) is 0 Å². The van der Waals surface area contributed by atoms with Crippen molar-refractivity contribution in [2.24, 2.45) is 22.7 Å². The SMILES string of the molecule is CCC(C)(C)C(=O)OC1CC2(C3(O)CCCC3)CC1C(C1(O)CCCC1)C2. The molecule has 0 radical (unpaired) electrons. The minimum atomic E-state index is -0.629. The molecule has 4 saturated carbocycles. The smallest absolute Gasteiger partial charge is 0.311 e. The van der Waals surface area contributed by atoms with Crippen LogP contribution in [-0.2, 0) is 9.53 Å². The van der Waals surface area contributed by atoms with Crippen LogP contribution in [0.1, 0.15) is 97.8 Å². The van der Waals surface area contributed by atoms with Gasteiger partial charge < -0.3 is 14.9 Å². The van der Waals surface area contributed by atoms with Crippen LogP contribution in [0.4, 0.5) is 0 Å². The Morgan fingerprint density at radius 3 is 2.19 bits per heavy atom. The summed E-state index contributed by atoms with van der Waals surface area (Å²) in [5, 5.41) is 22.9. The average molecular weight is 379 g/mol. The normalized spacial score (nSPS) is 39.8. The zero-order chi connectivity index (χ0) is 19.5. The fourth-order valence-corrected chi connectivity index (χ4v) is 6.92. The molecule has 2 bridgehead atoms. The summed E-state index contributed by atoms with van der Waals surface area (Å²) in [6, 6.07) is 0. The van der Waals surface area contributed by atoms with Crippen molar-refractivity contribution in [3.8, 4) is 0 Å². The first-order valence-corrected chi connectivity index (χ1v) is 11.3. The summed E-state index contributed by atoms with van der Waals surface area (Å²) in [4.78, 5) is 12.8. The van der Waals surface area contributed by atoms with Gasteiger partial charge in [0.05, 0.1) is 16.6 Å². The third kappa shape index (κ3) is 2.97.